The van der Waals surface area contributed by atoms with Crippen molar-refractivity contribution in [3.05, 3.63) is 223 Å². The van der Waals surface area contributed by atoms with Gasteiger partial charge in [0.25, 0.3) is 0 Å². The number of hydrogen-bond donors (Lipinski definition) is 0. The van der Waals surface area contributed by atoms with Gasteiger partial charge in [0.1, 0.15) is 5.58 Å². The molecule has 0 radical (unpaired) electrons. The summed E-state index contributed by atoms with van der Waals surface area (Å²) in [4.78, 5) is 2.43. The first kappa shape index (κ1) is 35.3. The minimum Gasteiger partial charge on any atom is -0.453 e. The van der Waals surface area contributed by atoms with E-state index in [4.69, 9.17) is 4.42 Å². The number of hydrogen-bond acceptors (Lipinski definition) is 2. The second-order valence-electron chi connectivity index (χ2n) is 16.9. The van der Waals surface area contributed by atoms with Gasteiger partial charge < -0.3 is 9.32 Å². The lowest BCUT2D eigenvalue weighted by molar-refractivity contribution is 0.660. The van der Waals surface area contributed by atoms with Crippen LogP contribution in [0.2, 0.25) is 0 Å². The Morgan fingerprint density at radius 3 is 1.74 bits per heavy atom. The maximum absolute atomic E-state index is 7.25. The molecule has 0 aliphatic heterocycles. The Hall–Kier alpha value is -7.68. The van der Waals surface area contributed by atoms with Crippen LogP contribution in [0.4, 0.5) is 17.1 Å². The maximum atomic E-state index is 7.25. The van der Waals surface area contributed by atoms with Crippen molar-refractivity contribution in [2.45, 2.75) is 19.3 Å². The molecule has 0 amide bonds. The lowest BCUT2D eigenvalue weighted by Gasteiger charge is -2.29. The van der Waals surface area contributed by atoms with Gasteiger partial charge in [-0.15, -0.1) is 0 Å². The normalized spacial score (nSPS) is 12.9. The molecule has 0 unspecified atom stereocenters. The van der Waals surface area contributed by atoms with Gasteiger partial charge in [0.2, 0.25) is 0 Å². The number of fused-ring (bicyclic) bond motifs is 9. The van der Waals surface area contributed by atoms with Gasteiger partial charge in [-0.3, -0.25) is 0 Å². The zero-order valence-corrected chi connectivity index (χ0v) is 34.1. The van der Waals surface area contributed by atoms with Crippen LogP contribution in [-0.2, 0) is 5.41 Å². The van der Waals surface area contributed by atoms with Gasteiger partial charge in [-0.25, -0.2) is 0 Å². The van der Waals surface area contributed by atoms with Gasteiger partial charge in [-0.05, 0) is 120 Å². The van der Waals surface area contributed by atoms with E-state index in [2.05, 4.69) is 231 Å². The van der Waals surface area contributed by atoms with Crippen LogP contribution in [0.15, 0.2) is 217 Å². The molecule has 1 aromatic heterocycles. The lowest BCUT2D eigenvalue weighted by atomic mass is 9.82. The van der Waals surface area contributed by atoms with E-state index in [-0.39, 0.29) is 5.41 Å². The van der Waals surface area contributed by atoms with Crippen LogP contribution in [0.5, 0.6) is 0 Å². The Bertz CT molecular complexity index is 3450. The maximum Gasteiger partial charge on any atom is 0.159 e. The highest BCUT2D eigenvalue weighted by Crippen LogP contribution is 2.52. The highest BCUT2D eigenvalue weighted by Gasteiger charge is 2.36. The Morgan fingerprint density at radius 2 is 0.967 bits per heavy atom. The lowest BCUT2D eigenvalue weighted by Crippen LogP contribution is -2.16. The van der Waals surface area contributed by atoms with Crippen LogP contribution >= 0.6 is 0 Å². The van der Waals surface area contributed by atoms with Gasteiger partial charge in [0.15, 0.2) is 5.58 Å². The highest BCUT2D eigenvalue weighted by atomic mass is 16.3. The molecule has 1 aliphatic carbocycles. The summed E-state index contributed by atoms with van der Waals surface area (Å²) in [6.45, 7) is 4.71. The number of rotatable bonds is 6. The summed E-state index contributed by atoms with van der Waals surface area (Å²) in [6, 6.07) is 77.4. The zero-order chi connectivity index (χ0) is 40.7. The first-order valence-electron chi connectivity index (χ1n) is 21.2. The Kier molecular flexibility index (Phi) is 7.92. The summed E-state index contributed by atoms with van der Waals surface area (Å²) < 4.78 is 7.25. The third-order valence-electron chi connectivity index (χ3n) is 13.0. The van der Waals surface area contributed by atoms with E-state index < -0.39 is 0 Å². The molecule has 288 valence electrons. The third-order valence-corrected chi connectivity index (χ3v) is 13.0. The largest absolute Gasteiger partial charge is 0.453 e. The van der Waals surface area contributed by atoms with E-state index in [0.717, 1.165) is 55.5 Å². The number of para-hydroxylation sites is 1. The summed E-state index contributed by atoms with van der Waals surface area (Å²) in [5.74, 6) is 0. The van der Waals surface area contributed by atoms with Gasteiger partial charge in [0.05, 0.1) is 5.69 Å². The van der Waals surface area contributed by atoms with Crippen LogP contribution in [0, 0.1) is 0 Å². The second kappa shape index (κ2) is 13.7. The molecule has 0 saturated carbocycles. The molecule has 0 bridgehead atoms. The van der Waals surface area contributed by atoms with Gasteiger partial charge in [-0.1, -0.05) is 178 Å². The molecule has 61 heavy (non-hydrogen) atoms. The van der Waals surface area contributed by atoms with E-state index in [1.807, 2.05) is 0 Å². The van der Waals surface area contributed by atoms with Gasteiger partial charge in [0, 0.05) is 32.9 Å². The Morgan fingerprint density at radius 1 is 0.344 bits per heavy atom. The van der Waals surface area contributed by atoms with E-state index in [1.165, 1.54) is 60.7 Å². The van der Waals surface area contributed by atoms with Crippen molar-refractivity contribution in [2.24, 2.45) is 0 Å². The Balaban J connectivity index is 1.14. The van der Waals surface area contributed by atoms with Crippen molar-refractivity contribution in [1.82, 2.24) is 0 Å². The van der Waals surface area contributed by atoms with Crippen molar-refractivity contribution < 1.29 is 4.42 Å². The molecule has 0 N–H and O–H groups in total. The monoisotopic (exact) mass is 779 g/mol. The number of anilines is 3. The molecule has 1 aliphatic rings. The molecule has 0 atom stereocenters. The molecule has 0 spiro atoms. The standard InChI is InChI=1S/C59H41NO/c1-59(2)54-26-14-13-23-48(54)49-31-30-45(36-55(49)59)60(46-34-43(38-16-5-3-6-17-38)33-44(35-46)39-18-7-4-8-19-39)56-27-15-25-51-53-37-52(42-29-28-40-20-9-10-21-41(40)32-42)47-22-11-12-24-50(47)57(53)61-58(51)56/h3-37H,1-2H3. The van der Waals surface area contributed by atoms with Crippen LogP contribution in [0.3, 0.4) is 0 Å². The van der Waals surface area contributed by atoms with Crippen molar-refractivity contribution in [3.8, 4) is 44.5 Å². The summed E-state index contributed by atoms with van der Waals surface area (Å²) in [6.07, 6.45) is 0. The smallest absolute Gasteiger partial charge is 0.159 e. The number of furan rings is 1. The first-order valence-corrected chi connectivity index (χ1v) is 21.2. The van der Waals surface area contributed by atoms with Gasteiger partial charge >= 0.3 is 0 Å². The molecular formula is C59H41NO. The van der Waals surface area contributed by atoms with Crippen LogP contribution in [-0.4, -0.2) is 0 Å². The fourth-order valence-corrected chi connectivity index (χ4v) is 9.97. The predicted molar refractivity (Wildman–Crippen MR) is 257 cm³/mol. The topological polar surface area (TPSA) is 16.4 Å². The average Bonchev–Trinajstić information content (AvgIpc) is 3.81. The number of nitrogens with zero attached hydrogens (tertiary/aromatic N) is 1. The molecule has 10 aromatic carbocycles. The van der Waals surface area contributed by atoms with Gasteiger partial charge in [-0.2, -0.15) is 0 Å². The van der Waals surface area contributed by atoms with E-state index >= 15 is 0 Å². The minimum atomic E-state index is -0.169. The van der Waals surface area contributed by atoms with Crippen LogP contribution < -0.4 is 4.90 Å². The molecule has 2 heteroatoms. The predicted octanol–water partition coefficient (Wildman–Crippen LogP) is 16.7. The quantitative estimate of drug-likeness (QED) is 0.167. The van der Waals surface area contributed by atoms with E-state index in [1.54, 1.807) is 0 Å². The molecule has 1 heterocycles. The SMILES string of the molecule is CC1(C)c2ccccc2-c2ccc(N(c3cc(-c4ccccc4)cc(-c4ccccc4)c3)c3cccc4c3oc3c5ccccc5c(-c5ccc6ccccc6c5)cc43)cc21. The van der Waals surface area contributed by atoms with E-state index in [9.17, 15) is 0 Å². The zero-order valence-electron chi connectivity index (χ0n) is 34.1. The van der Waals surface area contributed by atoms with Crippen LogP contribution in [0.1, 0.15) is 25.0 Å². The summed E-state index contributed by atoms with van der Waals surface area (Å²) in [7, 11) is 0. The molecule has 0 fully saturated rings. The molecule has 2 nitrogen and oxygen atoms in total. The average molecular weight is 780 g/mol. The van der Waals surface area contributed by atoms with Crippen molar-refractivity contribution in [1.29, 1.82) is 0 Å². The van der Waals surface area contributed by atoms with Crippen molar-refractivity contribution in [3.63, 3.8) is 0 Å². The summed E-state index contributed by atoms with van der Waals surface area (Å²) in [5.41, 5.74) is 17.0. The van der Waals surface area contributed by atoms with E-state index in [0.29, 0.717) is 0 Å². The molecule has 12 rings (SSSR count). The first-order chi connectivity index (χ1) is 30.0. The minimum absolute atomic E-state index is 0.169. The molecular weight excluding hydrogens is 739 g/mol. The van der Waals surface area contributed by atoms with Crippen LogP contribution in [0.25, 0.3) is 88.0 Å². The second-order valence-corrected chi connectivity index (χ2v) is 16.9. The molecule has 11 aromatic rings. The molecule has 0 saturated heterocycles. The highest BCUT2D eigenvalue weighted by molar-refractivity contribution is 6.21. The third kappa shape index (κ3) is 5.64. The summed E-state index contributed by atoms with van der Waals surface area (Å²) in [5, 5.41) is 6.93. The summed E-state index contributed by atoms with van der Waals surface area (Å²) >= 11 is 0. The Labute approximate surface area is 355 Å². The number of benzene rings is 10. The van der Waals surface area contributed by atoms with Crippen molar-refractivity contribution >= 4 is 60.5 Å². The fourth-order valence-electron chi connectivity index (χ4n) is 9.97. The van der Waals surface area contributed by atoms with Crippen molar-refractivity contribution in [2.75, 3.05) is 4.90 Å². The fraction of sp³-hybridized carbons (Fsp3) is 0.0508.